The Balaban J connectivity index is 2.49. The van der Waals surface area contributed by atoms with Gasteiger partial charge in [0.25, 0.3) is 0 Å². The number of aromatic nitrogens is 3. The summed E-state index contributed by atoms with van der Waals surface area (Å²) in [6.07, 6.45) is -0.320. The predicted octanol–water partition coefficient (Wildman–Crippen LogP) is 0.791. The zero-order valence-electron chi connectivity index (χ0n) is 7.51. The molecular weight excluding hydrogens is 201 g/mol. The summed E-state index contributed by atoms with van der Waals surface area (Å²) >= 11 is 0. The third-order valence-corrected chi connectivity index (χ3v) is 1.77. The van der Waals surface area contributed by atoms with Gasteiger partial charge in [-0.3, -0.25) is 4.79 Å². The minimum atomic E-state index is -1.05. The summed E-state index contributed by atoms with van der Waals surface area (Å²) in [6, 6.07) is 3.88. The standard InChI is InChI=1S/C9H6FN3O2/c10-5-1-2-6-7(3-5)11-8(13-12-6)4-9(14)15/h1-3H,4H2,(H,14,15). The molecule has 0 aliphatic carbocycles. The molecule has 0 fully saturated rings. The molecule has 0 unspecified atom stereocenters. The van der Waals surface area contributed by atoms with Gasteiger partial charge in [-0.15, -0.1) is 10.2 Å². The normalized spacial score (nSPS) is 10.5. The topological polar surface area (TPSA) is 76.0 Å². The molecule has 5 nitrogen and oxygen atoms in total. The van der Waals surface area contributed by atoms with E-state index in [9.17, 15) is 9.18 Å². The Bertz CT molecular complexity index is 530. The van der Waals surface area contributed by atoms with Crippen molar-refractivity contribution in [2.45, 2.75) is 6.42 Å². The van der Waals surface area contributed by atoms with Crippen molar-refractivity contribution in [2.24, 2.45) is 0 Å². The number of carbonyl (C=O) groups is 1. The Morgan fingerprint density at radius 3 is 2.87 bits per heavy atom. The van der Waals surface area contributed by atoms with Crippen molar-refractivity contribution in [3.8, 4) is 0 Å². The van der Waals surface area contributed by atoms with Crippen LogP contribution < -0.4 is 0 Å². The van der Waals surface area contributed by atoms with Crippen LogP contribution in [-0.2, 0) is 11.2 Å². The van der Waals surface area contributed by atoms with E-state index in [1.54, 1.807) is 0 Å². The monoisotopic (exact) mass is 207 g/mol. The van der Waals surface area contributed by atoms with Crippen LogP contribution in [-0.4, -0.2) is 26.3 Å². The molecule has 15 heavy (non-hydrogen) atoms. The first-order valence-electron chi connectivity index (χ1n) is 4.16. The predicted molar refractivity (Wildman–Crippen MR) is 48.6 cm³/mol. The van der Waals surface area contributed by atoms with Crippen molar-refractivity contribution >= 4 is 17.0 Å². The molecule has 2 aromatic rings. The van der Waals surface area contributed by atoms with Crippen LogP contribution in [0.5, 0.6) is 0 Å². The largest absolute Gasteiger partial charge is 0.481 e. The molecule has 1 aromatic carbocycles. The summed E-state index contributed by atoms with van der Waals surface area (Å²) in [5.41, 5.74) is 0.742. The Hall–Kier alpha value is -2.11. The summed E-state index contributed by atoms with van der Waals surface area (Å²) in [6.45, 7) is 0. The van der Waals surface area contributed by atoms with Gasteiger partial charge in [-0.05, 0) is 12.1 Å². The minimum Gasteiger partial charge on any atom is -0.481 e. The van der Waals surface area contributed by atoms with Gasteiger partial charge in [0.15, 0.2) is 5.82 Å². The Morgan fingerprint density at radius 2 is 2.13 bits per heavy atom. The van der Waals surface area contributed by atoms with Gasteiger partial charge in [0, 0.05) is 6.07 Å². The molecule has 0 saturated heterocycles. The quantitative estimate of drug-likeness (QED) is 0.787. The maximum Gasteiger partial charge on any atom is 0.311 e. The van der Waals surface area contributed by atoms with Crippen LogP contribution in [0, 0.1) is 5.82 Å². The average Bonchev–Trinajstić information content (AvgIpc) is 2.16. The fourth-order valence-electron chi connectivity index (χ4n) is 1.15. The lowest BCUT2D eigenvalue weighted by Crippen LogP contribution is -2.06. The van der Waals surface area contributed by atoms with Gasteiger partial charge in [-0.1, -0.05) is 0 Å². The third-order valence-electron chi connectivity index (χ3n) is 1.77. The minimum absolute atomic E-state index is 0.0700. The van der Waals surface area contributed by atoms with E-state index in [-0.39, 0.29) is 12.2 Å². The summed E-state index contributed by atoms with van der Waals surface area (Å²) in [7, 11) is 0. The van der Waals surface area contributed by atoms with Crippen LogP contribution in [0.1, 0.15) is 5.82 Å². The molecule has 1 N–H and O–H groups in total. The van der Waals surface area contributed by atoms with Crippen molar-refractivity contribution in [1.29, 1.82) is 0 Å². The fraction of sp³-hybridized carbons (Fsp3) is 0.111. The number of aliphatic carboxylic acids is 1. The number of carboxylic acid groups (broad SMARTS) is 1. The van der Waals surface area contributed by atoms with E-state index >= 15 is 0 Å². The van der Waals surface area contributed by atoms with Crippen LogP contribution >= 0.6 is 0 Å². The molecule has 0 amide bonds. The molecule has 6 heteroatoms. The smallest absolute Gasteiger partial charge is 0.311 e. The van der Waals surface area contributed by atoms with Crippen molar-refractivity contribution in [3.05, 3.63) is 29.8 Å². The molecule has 0 atom stereocenters. The zero-order valence-corrected chi connectivity index (χ0v) is 7.51. The van der Waals surface area contributed by atoms with E-state index in [1.807, 2.05) is 0 Å². The molecule has 2 rings (SSSR count). The van der Waals surface area contributed by atoms with Crippen molar-refractivity contribution in [1.82, 2.24) is 15.2 Å². The highest BCUT2D eigenvalue weighted by atomic mass is 19.1. The SMILES string of the molecule is O=C(O)Cc1nnc2ccc(F)cc2n1. The lowest BCUT2D eigenvalue weighted by atomic mass is 10.3. The number of carboxylic acids is 1. The number of fused-ring (bicyclic) bond motifs is 1. The second-order valence-electron chi connectivity index (χ2n) is 2.93. The van der Waals surface area contributed by atoms with E-state index in [4.69, 9.17) is 5.11 Å². The Kier molecular flexibility index (Phi) is 2.24. The maximum absolute atomic E-state index is 12.8. The number of rotatable bonds is 2. The van der Waals surface area contributed by atoms with Gasteiger partial charge in [0.1, 0.15) is 17.8 Å². The highest BCUT2D eigenvalue weighted by Crippen LogP contribution is 2.09. The second-order valence-corrected chi connectivity index (χ2v) is 2.93. The average molecular weight is 207 g/mol. The van der Waals surface area contributed by atoms with E-state index in [0.717, 1.165) is 0 Å². The van der Waals surface area contributed by atoms with Gasteiger partial charge in [-0.2, -0.15) is 0 Å². The summed E-state index contributed by atoms with van der Waals surface area (Å²) in [5, 5.41) is 15.9. The molecule has 0 aliphatic heterocycles. The molecule has 0 aliphatic rings. The Morgan fingerprint density at radius 1 is 1.33 bits per heavy atom. The van der Waals surface area contributed by atoms with E-state index in [0.29, 0.717) is 11.0 Å². The van der Waals surface area contributed by atoms with Gasteiger partial charge >= 0.3 is 5.97 Å². The maximum atomic E-state index is 12.8. The number of nitrogens with zero attached hydrogens (tertiary/aromatic N) is 3. The number of hydrogen-bond donors (Lipinski definition) is 1. The van der Waals surface area contributed by atoms with Crippen molar-refractivity contribution in [2.75, 3.05) is 0 Å². The number of hydrogen-bond acceptors (Lipinski definition) is 4. The third kappa shape index (κ3) is 2.04. The van der Waals surface area contributed by atoms with Crippen LogP contribution in [0.2, 0.25) is 0 Å². The van der Waals surface area contributed by atoms with Crippen LogP contribution in [0.15, 0.2) is 18.2 Å². The van der Waals surface area contributed by atoms with E-state index in [2.05, 4.69) is 15.2 Å². The van der Waals surface area contributed by atoms with Crippen LogP contribution in [0.4, 0.5) is 4.39 Å². The second kappa shape index (κ2) is 3.56. The van der Waals surface area contributed by atoms with E-state index < -0.39 is 11.8 Å². The highest BCUT2D eigenvalue weighted by molar-refractivity contribution is 5.74. The lowest BCUT2D eigenvalue weighted by Gasteiger charge is -1.98. The summed E-state index contributed by atoms with van der Waals surface area (Å²) in [5.74, 6) is -1.42. The molecule has 0 spiro atoms. The summed E-state index contributed by atoms with van der Waals surface area (Å²) < 4.78 is 12.8. The van der Waals surface area contributed by atoms with Crippen LogP contribution in [0.25, 0.3) is 11.0 Å². The summed E-state index contributed by atoms with van der Waals surface area (Å²) in [4.78, 5) is 14.3. The molecule has 0 bridgehead atoms. The molecule has 1 heterocycles. The van der Waals surface area contributed by atoms with Crippen molar-refractivity contribution < 1.29 is 14.3 Å². The highest BCUT2D eigenvalue weighted by Gasteiger charge is 2.06. The molecule has 76 valence electrons. The first-order chi connectivity index (χ1) is 7.15. The van der Waals surface area contributed by atoms with Gasteiger partial charge in [0.05, 0.1) is 5.52 Å². The first-order valence-corrected chi connectivity index (χ1v) is 4.16. The fourth-order valence-corrected chi connectivity index (χ4v) is 1.15. The lowest BCUT2D eigenvalue weighted by molar-refractivity contribution is -0.136. The zero-order chi connectivity index (χ0) is 10.8. The van der Waals surface area contributed by atoms with E-state index in [1.165, 1.54) is 18.2 Å². The van der Waals surface area contributed by atoms with Gasteiger partial charge < -0.3 is 5.11 Å². The number of halogens is 1. The Labute approximate surface area is 83.6 Å². The number of benzene rings is 1. The van der Waals surface area contributed by atoms with Gasteiger partial charge in [-0.25, -0.2) is 9.37 Å². The first kappa shape index (κ1) is 9.45. The molecule has 0 radical (unpaired) electrons. The molecule has 0 saturated carbocycles. The van der Waals surface area contributed by atoms with Gasteiger partial charge in [0.2, 0.25) is 0 Å². The van der Waals surface area contributed by atoms with Crippen LogP contribution in [0.3, 0.4) is 0 Å². The molecular formula is C9H6FN3O2. The van der Waals surface area contributed by atoms with Crippen molar-refractivity contribution in [3.63, 3.8) is 0 Å². The molecule has 1 aromatic heterocycles.